The predicted molar refractivity (Wildman–Crippen MR) is 135 cm³/mol. The SMILES string of the molecule is C=CC1C(C(=CO)C(=O)OC)CC2c3[nH]c4ccccc4c3CCN2C1OC1OC(CO)C(O)C(O)C1O. The Morgan fingerprint density at radius 1 is 1.24 bits per heavy atom. The molecule has 3 aliphatic rings. The summed E-state index contributed by atoms with van der Waals surface area (Å²) in [5.41, 5.74) is 3.17. The van der Waals surface area contributed by atoms with Crippen molar-refractivity contribution in [2.45, 2.75) is 55.8 Å². The second-order valence-electron chi connectivity index (χ2n) is 10.0. The third-order valence-corrected chi connectivity index (χ3v) is 8.15. The van der Waals surface area contributed by atoms with E-state index in [0.29, 0.717) is 19.4 Å². The first-order valence-corrected chi connectivity index (χ1v) is 12.7. The number of carbonyl (C=O) groups is 1. The van der Waals surface area contributed by atoms with Crippen LogP contribution in [0.15, 0.2) is 48.8 Å². The molecule has 9 atom stereocenters. The monoisotopic (exact) mass is 530 g/mol. The van der Waals surface area contributed by atoms with Crippen molar-refractivity contribution >= 4 is 16.9 Å². The second-order valence-corrected chi connectivity index (χ2v) is 10.0. The van der Waals surface area contributed by atoms with Gasteiger partial charge in [-0.05, 0) is 24.5 Å². The van der Waals surface area contributed by atoms with Gasteiger partial charge in [0, 0.05) is 35.0 Å². The first-order chi connectivity index (χ1) is 18.3. The van der Waals surface area contributed by atoms with E-state index in [2.05, 4.69) is 22.5 Å². The molecule has 2 aromatic rings. The van der Waals surface area contributed by atoms with Crippen LogP contribution in [0.5, 0.6) is 0 Å². The molecule has 0 aliphatic carbocycles. The van der Waals surface area contributed by atoms with Crippen LogP contribution < -0.4 is 0 Å². The molecule has 0 saturated carbocycles. The highest BCUT2D eigenvalue weighted by Crippen LogP contribution is 2.49. The summed E-state index contributed by atoms with van der Waals surface area (Å²) in [5, 5.41) is 52.1. The Morgan fingerprint density at radius 2 is 2.00 bits per heavy atom. The fraction of sp³-hybridized carbons (Fsp3) is 0.519. The zero-order valence-corrected chi connectivity index (χ0v) is 21.0. The Balaban J connectivity index is 1.56. The molecule has 6 N–H and O–H groups in total. The maximum Gasteiger partial charge on any atom is 0.337 e. The van der Waals surface area contributed by atoms with Crippen LogP contribution in [0.25, 0.3) is 10.9 Å². The second kappa shape index (κ2) is 10.8. The Kier molecular flexibility index (Phi) is 7.60. The summed E-state index contributed by atoms with van der Waals surface area (Å²) < 4.78 is 16.9. The molecule has 3 aliphatic heterocycles. The van der Waals surface area contributed by atoms with E-state index in [-0.39, 0.29) is 11.6 Å². The largest absolute Gasteiger partial charge is 0.515 e. The van der Waals surface area contributed by atoms with E-state index >= 15 is 0 Å². The van der Waals surface area contributed by atoms with E-state index in [0.717, 1.165) is 28.4 Å². The topological polar surface area (TPSA) is 165 Å². The van der Waals surface area contributed by atoms with Gasteiger partial charge in [-0.2, -0.15) is 0 Å². The number of piperidine rings is 1. The number of aromatic amines is 1. The van der Waals surface area contributed by atoms with Crippen molar-refractivity contribution in [2.75, 3.05) is 20.3 Å². The number of nitrogens with one attached hydrogen (secondary N) is 1. The highest BCUT2D eigenvalue weighted by Gasteiger charge is 2.51. The van der Waals surface area contributed by atoms with E-state index in [1.54, 1.807) is 6.08 Å². The molecule has 0 spiro atoms. The molecule has 206 valence electrons. The lowest BCUT2D eigenvalue weighted by Crippen LogP contribution is -2.62. The van der Waals surface area contributed by atoms with Crippen LogP contribution in [0.4, 0.5) is 0 Å². The number of hydrogen-bond acceptors (Lipinski definition) is 10. The first-order valence-electron chi connectivity index (χ1n) is 12.7. The van der Waals surface area contributed by atoms with E-state index in [1.807, 2.05) is 18.2 Å². The van der Waals surface area contributed by atoms with Gasteiger partial charge in [0.25, 0.3) is 0 Å². The number of aromatic nitrogens is 1. The fourth-order valence-electron chi connectivity index (χ4n) is 6.23. The van der Waals surface area contributed by atoms with Crippen LogP contribution in [0.3, 0.4) is 0 Å². The summed E-state index contributed by atoms with van der Waals surface area (Å²) in [6.45, 7) is 3.95. The molecule has 11 heteroatoms. The minimum atomic E-state index is -1.60. The van der Waals surface area contributed by atoms with Crippen molar-refractivity contribution in [2.24, 2.45) is 11.8 Å². The number of esters is 1. The maximum absolute atomic E-state index is 12.7. The van der Waals surface area contributed by atoms with Gasteiger partial charge in [-0.3, -0.25) is 4.90 Å². The zero-order chi connectivity index (χ0) is 27.1. The molecule has 1 aromatic carbocycles. The van der Waals surface area contributed by atoms with Crippen molar-refractivity contribution in [3.05, 3.63) is 60.0 Å². The van der Waals surface area contributed by atoms with E-state index in [9.17, 15) is 30.3 Å². The van der Waals surface area contributed by atoms with Crippen molar-refractivity contribution in [1.82, 2.24) is 9.88 Å². The molecule has 0 radical (unpaired) electrons. The van der Waals surface area contributed by atoms with Gasteiger partial charge in [-0.15, -0.1) is 6.58 Å². The van der Waals surface area contributed by atoms with Gasteiger partial charge in [0.2, 0.25) is 0 Å². The van der Waals surface area contributed by atoms with E-state index in [1.165, 1.54) is 7.11 Å². The van der Waals surface area contributed by atoms with Crippen LogP contribution in [-0.4, -0.2) is 98.6 Å². The fourth-order valence-corrected chi connectivity index (χ4v) is 6.23. The van der Waals surface area contributed by atoms with Crippen molar-refractivity contribution in [3.63, 3.8) is 0 Å². The number of ether oxygens (including phenoxy) is 3. The number of rotatable bonds is 6. The normalized spacial score (nSPS) is 35.9. The lowest BCUT2D eigenvalue weighted by molar-refractivity contribution is -0.333. The average molecular weight is 531 g/mol. The highest BCUT2D eigenvalue weighted by atomic mass is 16.7. The molecule has 4 heterocycles. The zero-order valence-electron chi connectivity index (χ0n) is 21.0. The quantitative estimate of drug-likeness (QED) is 0.135. The van der Waals surface area contributed by atoms with Crippen molar-refractivity contribution < 1.29 is 44.5 Å². The van der Waals surface area contributed by atoms with Crippen LogP contribution in [0.1, 0.15) is 23.7 Å². The van der Waals surface area contributed by atoms with Gasteiger partial charge < -0.3 is 44.7 Å². The number of H-pyrrole nitrogens is 1. The third-order valence-electron chi connectivity index (χ3n) is 8.15. The maximum atomic E-state index is 12.7. The van der Waals surface area contributed by atoms with Gasteiger partial charge in [-0.1, -0.05) is 24.3 Å². The number of nitrogens with zero attached hydrogens (tertiary/aromatic N) is 1. The lowest BCUT2D eigenvalue weighted by atomic mass is 9.74. The third kappa shape index (κ3) is 4.34. The highest BCUT2D eigenvalue weighted by molar-refractivity contribution is 5.89. The summed E-state index contributed by atoms with van der Waals surface area (Å²) >= 11 is 0. The molecule has 38 heavy (non-hydrogen) atoms. The summed E-state index contributed by atoms with van der Waals surface area (Å²) in [7, 11) is 1.24. The van der Waals surface area contributed by atoms with E-state index in [4.69, 9.17) is 14.2 Å². The molecule has 1 aromatic heterocycles. The minimum absolute atomic E-state index is 0.0580. The summed E-state index contributed by atoms with van der Waals surface area (Å²) in [6.07, 6.45) is -4.54. The Labute approximate surface area is 219 Å². The molecule has 9 unspecified atom stereocenters. The Morgan fingerprint density at radius 3 is 2.68 bits per heavy atom. The molecule has 11 nitrogen and oxygen atoms in total. The molecule has 0 bridgehead atoms. The van der Waals surface area contributed by atoms with Crippen LogP contribution >= 0.6 is 0 Å². The molecule has 0 amide bonds. The number of benzene rings is 1. The molecule has 5 rings (SSSR count). The summed E-state index contributed by atoms with van der Waals surface area (Å²) in [5.74, 6) is -1.81. The van der Waals surface area contributed by atoms with Gasteiger partial charge in [0.15, 0.2) is 6.29 Å². The number of aliphatic hydroxyl groups is 5. The van der Waals surface area contributed by atoms with Crippen molar-refractivity contribution in [3.8, 4) is 0 Å². The van der Waals surface area contributed by atoms with Gasteiger partial charge in [-0.25, -0.2) is 4.79 Å². The predicted octanol–water partition coefficient (Wildman–Crippen LogP) is 0.647. The van der Waals surface area contributed by atoms with Gasteiger partial charge in [0.05, 0.1) is 31.6 Å². The molecular formula is C27H34N2O9. The number of aliphatic hydroxyl groups excluding tert-OH is 5. The molecule has 2 saturated heterocycles. The standard InChI is InChI=1S/C27H34N2O9/c1-3-13-16(17(11-30)26(35)36-2)10-19-21-15(14-6-4-5-7-18(14)28-21)8-9-29(19)25(13)38-27-24(34)23(33)22(32)20(12-31)37-27/h3-7,11,13,16,19-20,22-25,27-28,30-34H,1,8-10,12H2,2H3. The van der Waals surface area contributed by atoms with Crippen LogP contribution in [-0.2, 0) is 25.4 Å². The van der Waals surface area contributed by atoms with Crippen LogP contribution in [0, 0.1) is 11.8 Å². The number of methoxy groups -OCH3 is 1. The van der Waals surface area contributed by atoms with Crippen LogP contribution in [0.2, 0.25) is 0 Å². The summed E-state index contributed by atoms with van der Waals surface area (Å²) in [6, 6.07) is 7.73. The number of para-hydroxylation sites is 1. The van der Waals surface area contributed by atoms with Crippen molar-refractivity contribution in [1.29, 1.82) is 0 Å². The Bertz CT molecular complexity index is 1210. The molecule has 2 fully saturated rings. The number of hydrogen-bond donors (Lipinski definition) is 6. The van der Waals surface area contributed by atoms with Gasteiger partial charge >= 0.3 is 5.97 Å². The average Bonchev–Trinajstić information content (AvgIpc) is 3.32. The first kappa shape index (κ1) is 26.8. The minimum Gasteiger partial charge on any atom is -0.515 e. The number of carbonyl (C=O) groups excluding carboxylic acids is 1. The number of fused-ring (bicyclic) bond motifs is 5. The molecular weight excluding hydrogens is 496 g/mol. The lowest BCUT2D eigenvalue weighted by Gasteiger charge is -2.52. The van der Waals surface area contributed by atoms with E-state index < -0.39 is 61.3 Å². The smallest absolute Gasteiger partial charge is 0.337 e. The Hall–Kier alpha value is -2.77. The van der Waals surface area contributed by atoms with Gasteiger partial charge in [0.1, 0.15) is 30.6 Å². The summed E-state index contributed by atoms with van der Waals surface area (Å²) in [4.78, 5) is 18.3.